The van der Waals surface area contributed by atoms with Crippen molar-refractivity contribution in [1.29, 1.82) is 0 Å². The first kappa shape index (κ1) is 16.8. The molecule has 2 aromatic rings. The molecule has 1 heterocycles. The molecule has 1 saturated carbocycles. The highest BCUT2D eigenvalue weighted by atomic mass is 32.1. The molecule has 1 aliphatic carbocycles. The minimum Gasteiger partial charge on any atom is -0.497 e. The van der Waals surface area contributed by atoms with Crippen LogP contribution in [0.15, 0.2) is 23.6 Å². The monoisotopic (exact) mass is 346 g/mol. The van der Waals surface area contributed by atoms with E-state index in [-0.39, 0.29) is 11.8 Å². The quantitative estimate of drug-likeness (QED) is 0.874. The summed E-state index contributed by atoms with van der Waals surface area (Å²) in [5, 5.41) is 5.53. The summed E-state index contributed by atoms with van der Waals surface area (Å²) in [6, 6.07) is 5.62. The number of carbonyl (C=O) groups is 1. The molecular weight excluding hydrogens is 324 g/mol. The molecule has 1 aromatic heterocycles. The molecule has 5 nitrogen and oxygen atoms in total. The zero-order valence-corrected chi connectivity index (χ0v) is 14.8. The maximum atomic E-state index is 12.3. The van der Waals surface area contributed by atoms with E-state index in [0.717, 1.165) is 42.7 Å². The molecule has 1 amide bonds. The van der Waals surface area contributed by atoms with E-state index in [2.05, 4.69) is 10.3 Å². The second-order valence-electron chi connectivity index (χ2n) is 5.93. The fraction of sp³-hybridized carbons (Fsp3) is 0.444. The van der Waals surface area contributed by atoms with Crippen LogP contribution in [0.5, 0.6) is 11.5 Å². The van der Waals surface area contributed by atoms with E-state index in [1.165, 1.54) is 17.8 Å². The number of nitrogens with one attached hydrogen (secondary N) is 1. The van der Waals surface area contributed by atoms with Crippen molar-refractivity contribution in [2.45, 2.75) is 32.1 Å². The Morgan fingerprint density at radius 1 is 1.21 bits per heavy atom. The number of carbonyl (C=O) groups excluding carboxylic acids is 1. The highest BCUT2D eigenvalue weighted by molar-refractivity contribution is 7.14. The Balaban J connectivity index is 1.74. The molecule has 1 aromatic carbocycles. The number of methoxy groups -OCH3 is 2. The fourth-order valence-electron chi connectivity index (χ4n) is 3.04. The van der Waals surface area contributed by atoms with E-state index < -0.39 is 0 Å². The third-order valence-corrected chi connectivity index (χ3v) is 5.15. The summed E-state index contributed by atoms with van der Waals surface area (Å²) in [6.45, 7) is 0. The molecule has 24 heavy (non-hydrogen) atoms. The molecule has 1 aliphatic rings. The summed E-state index contributed by atoms with van der Waals surface area (Å²) in [7, 11) is 3.24. The predicted octanol–water partition coefficient (Wildman–Crippen LogP) is 4.35. The number of benzene rings is 1. The Morgan fingerprint density at radius 3 is 2.71 bits per heavy atom. The number of hydrogen-bond acceptors (Lipinski definition) is 5. The zero-order chi connectivity index (χ0) is 16.9. The second kappa shape index (κ2) is 7.66. The van der Waals surface area contributed by atoms with Crippen LogP contribution in [0.25, 0.3) is 11.3 Å². The number of anilines is 1. The number of thiazole rings is 1. The first-order chi connectivity index (χ1) is 11.7. The van der Waals surface area contributed by atoms with Crippen LogP contribution in [-0.2, 0) is 4.79 Å². The molecule has 0 bridgehead atoms. The first-order valence-electron chi connectivity index (χ1n) is 8.20. The van der Waals surface area contributed by atoms with Gasteiger partial charge < -0.3 is 14.8 Å². The molecule has 128 valence electrons. The van der Waals surface area contributed by atoms with Crippen molar-refractivity contribution in [2.24, 2.45) is 5.92 Å². The number of aromatic nitrogens is 1. The van der Waals surface area contributed by atoms with E-state index in [4.69, 9.17) is 9.47 Å². The van der Waals surface area contributed by atoms with Gasteiger partial charge in [0, 0.05) is 22.9 Å². The van der Waals surface area contributed by atoms with Gasteiger partial charge in [-0.2, -0.15) is 0 Å². The van der Waals surface area contributed by atoms with Crippen LogP contribution >= 0.6 is 11.3 Å². The lowest BCUT2D eigenvalue weighted by Gasteiger charge is -2.19. The summed E-state index contributed by atoms with van der Waals surface area (Å²) in [6.07, 6.45) is 5.49. The number of hydrogen-bond donors (Lipinski definition) is 1. The van der Waals surface area contributed by atoms with Gasteiger partial charge in [-0.25, -0.2) is 4.98 Å². The van der Waals surface area contributed by atoms with E-state index in [1.54, 1.807) is 14.2 Å². The van der Waals surface area contributed by atoms with E-state index >= 15 is 0 Å². The van der Waals surface area contributed by atoms with Gasteiger partial charge in [0.1, 0.15) is 11.5 Å². The van der Waals surface area contributed by atoms with Gasteiger partial charge in [-0.05, 0) is 25.0 Å². The standard InChI is InChI=1S/C18H22N2O3S/c1-22-13-8-9-14(16(10-13)23-2)15-11-24-18(19-15)20-17(21)12-6-4-3-5-7-12/h8-12H,3-7H2,1-2H3,(H,19,20,21). The van der Waals surface area contributed by atoms with Gasteiger partial charge in [0.2, 0.25) is 5.91 Å². The van der Waals surface area contributed by atoms with Gasteiger partial charge in [-0.3, -0.25) is 4.79 Å². The van der Waals surface area contributed by atoms with Gasteiger partial charge in [0.25, 0.3) is 0 Å². The van der Waals surface area contributed by atoms with Crippen molar-refractivity contribution < 1.29 is 14.3 Å². The van der Waals surface area contributed by atoms with Crippen molar-refractivity contribution in [3.05, 3.63) is 23.6 Å². The van der Waals surface area contributed by atoms with Crippen LogP contribution in [0.2, 0.25) is 0 Å². The summed E-state index contributed by atoms with van der Waals surface area (Å²) < 4.78 is 10.6. The van der Waals surface area contributed by atoms with Crippen LogP contribution in [0.3, 0.4) is 0 Å². The highest BCUT2D eigenvalue weighted by Crippen LogP contribution is 2.35. The van der Waals surface area contributed by atoms with Crippen molar-refractivity contribution in [2.75, 3.05) is 19.5 Å². The second-order valence-corrected chi connectivity index (χ2v) is 6.79. The topological polar surface area (TPSA) is 60.5 Å². The summed E-state index contributed by atoms with van der Waals surface area (Å²) in [5.41, 5.74) is 1.67. The molecule has 6 heteroatoms. The molecule has 0 radical (unpaired) electrons. The highest BCUT2D eigenvalue weighted by Gasteiger charge is 2.22. The van der Waals surface area contributed by atoms with E-state index in [1.807, 2.05) is 23.6 Å². The molecule has 1 N–H and O–H groups in total. The van der Waals surface area contributed by atoms with Gasteiger partial charge in [-0.1, -0.05) is 19.3 Å². The number of ether oxygens (including phenoxy) is 2. The predicted molar refractivity (Wildman–Crippen MR) is 95.9 cm³/mol. The van der Waals surface area contributed by atoms with Crippen molar-refractivity contribution in [3.8, 4) is 22.8 Å². The Bertz CT molecular complexity index is 708. The van der Waals surface area contributed by atoms with Crippen LogP contribution in [0.4, 0.5) is 5.13 Å². The van der Waals surface area contributed by atoms with Gasteiger partial charge in [0.15, 0.2) is 5.13 Å². The molecule has 0 aliphatic heterocycles. The normalized spacial score (nSPS) is 15.1. The molecule has 0 unspecified atom stereocenters. The lowest BCUT2D eigenvalue weighted by atomic mass is 9.89. The molecule has 3 rings (SSSR count). The SMILES string of the molecule is COc1ccc(-c2csc(NC(=O)C3CCCCC3)n2)c(OC)c1. The third kappa shape index (κ3) is 3.70. The van der Waals surface area contributed by atoms with E-state index in [0.29, 0.717) is 10.9 Å². The smallest absolute Gasteiger partial charge is 0.229 e. The van der Waals surface area contributed by atoms with Crippen LogP contribution in [0.1, 0.15) is 32.1 Å². The lowest BCUT2D eigenvalue weighted by Crippen LogP contribution is -2.24. The van der Waals surface area contributed by atoms with Crippen molar-refractivity contribution >= 4 is 22.4 Å². The van der Waals surface area contributed by atoms with Crippen molar-refractivity contribution in [3.63, 3.8) is 0 Å². The Kier molecular flexibility index (Phi) is 5.35. The maximum Gasteiger partial charge on any atom is 0.229 e. The summed E-state index contributed by atoms with van der Waals surface area (Å²) >= 11 is 1.44. The van der Waals surface area contributed by atoms with Crippen LogP contribution in [-0.4, -0.2) is 25.1 Å². The maximum absolute atomic E-state index is 12.3. The van der Waals surface area contributed by atoms with Crippen LogP contribution in [0, 0.1) is 5.92 Å². The molecule has 0 saturated heterocycles. The Hall–Kier alpha value is -2.08. The minimum absolute atomic E-state index is 0.0947. The zero-order valence-electron chi connectivity index (χ0n) is 14.0. The molecule has 0 spiro atoms. The first-order valence-corrected chi connectivity index (χ1v) is 9.08. The Labute approximate surface area is 146 Å². The van der Waals surface area contributed by atoms with Crippen molar-refractivity contribution in [1.82, 2.24) is 4.98 Å². The van der Waals surface area contributed by atoms with E-state index in [9.17, 15) is 4.79 Å². The summed E-state index contributed by atoms with van der Waals surface area (Å²) in [4.78, 5) is 16.9. The van der Waals surface area contributed by atoms with Gasteiger partial charge >= 0.3 is 0 Å². The average molecular weight is 346 g/mol. The fourth-order valence-corrected chi connectivity index (χ4v) is 3.75. The number of nitrogens with zero attached hydrogens (tertiary/aromatic N) is 1. The number of amides is 1. The largest absolute Gasteiger partial charge is 0.497 e. The molecular formula is C18H22N2O3S. The van der Waals surface area contributed by atoms with Gasteiger partial charge in [0.05, 0.1) is 19.9 Å². The summed E-state index contributed by atoms with van der Waals surface area (Å²) in [5.74, 6) is 1.65. The minimum atomic E-state index is 0.0947. The number of rotatable bonds is 5. The molecule has 1 fully saturated rings. The molecule has 0 atom stereocenters. The van der Waals surface area contributed by atoms with Crippen LogP contribution < -0.4 is 14.8 Å². The van der Waals surface area contributed by atoms with Gasteiger partial charge in [-0.15, -0.1) is 11.3 Å². The third-order valence-electron chi connectivity index (χ3n) is 4.39. The Morgan fingerprint density at radius 2 is 2.00 bits per heavy atom. The lowest BCUT2D eigenvalue weighted by molar-refractivity contribution is -0.120. The average Bonchev–Trinajstić information content (AvgIpc) is 3.10.